The Hall–Kier alpha value is -0.695. The Labute approximate surface area is 81.4 Å². The van der Waals surface area contributed by atoms with Gasteiger partial charge in [-0.3, -0.25) is 0 Å². The molecule has 0 atom stereocenters. The molecule has 0 aromatic heterocycles. The smallest absolute Gasteiger partial charge is 0.408 e. The highest BCUT2D eigenvalue weighted by Gasteiger charge is 2.26. The average Bonchev–Trinajstić information content (AvgIpc) is 2.02. The third kappa shape index (κ3) is 3.27. The number of hydrogen-bond donors (Lipinski definition) is 0. The summed E-state index contributed by atoms with van der Waals surface area (Å²) in [6.45, 7) is 9.33. The zero-order chi connectivity index (χ0) is 9.90. The van der Waals surface area contributed by atoms with Crippen molar-refractivity contribution < 1.29 is 4.65 Å². The van der Waals surface area contributed by atoms with Gasteiger partial charge in [-0.25, -0.2) is 0 Å². The van der Waals surface area contributed by atoms with Gasteiger partial charge < -0.3 is 9.47 Å². The second-order valence-electron chi connectivity index (χ2n) is 4.18. The van der Waals surface area contributed by atoms with Gasteiger partial charge in [0.1, 0.15) is 0 Å². The van der Waals surface area contributed by atoms with Gasteiger partial charge in [0.05, 0.1) is 0 Å². The van der Waals surface area contributed by atoms with Crippen LogP contribution in [0.4, 0.5) is 0 Å². The first kappa shape index (κ1) is 10.4. The van der Waals surface area contributed by atoms with Crippen LogP contribution in [0.15, 0.2) is 24.3 Å². The van der Waals surface area contributed by atoms with E-state index >= 15 is 0 Å². The van der Waals surface area contributed by atoms with Crippen molar-refractivity contribution in [2.45, 2.75) is 33.3 Å². The molecule has 3 heteroatoms. The summed E-state index contributed by atoms with van der Waals surface area (Å²) in [5, 5.41) is 0. The van der Waals surface area contributed by atoms with E-state index in [2.05, 4.69) is 44.7 Å². The molecule has 0 N–H and O–H groups in total. The molecule has 1 heterocycles. The molecule has 0 aromatic carbocycles. The van der Waals surface area contributed by atoms with E-state index in [-0.39, 0.29) is 12.7 Å². The third-order valence-corrected chi connectivity index (χ3v) is 1.83. The second kappa shape index (κ2) is 4.01. The standard InChI is InChI=1S/C10H18BNO/c1-5-12-9-7-6-8-11(12)13-10(2,3)4/h6-9H,5H2,1-4H3. The SMILES string of the molecule is CCN1C=CC=CB1OC(C)(C)C. The Bertz CT molecular complexity index is 217. The average molecular weight is 179 g/mol. The van der Waals surface area contributed by atoms with Crippen LogP contribution in [0.5, 0.6) is 0 Å². The van der Waals surface area contributed by atoms with Crippen LogP contribution in [0.3, 0.4) is 0 Å². The van der Waals surface area contributed by atoms with Gasteiger partial charge in [-0.05, 0) is 40.0 Å². The van der Waals surface area contributed by atoms with Crippen molar-refractivity contribution in [2.24, 2.45) is 0 Å². The van der Waals surface area contributed by atoms with Gasteiger partial charge in [0.25, 0.3) is 0 Å². The predicted molar refractivity (Wildman–Crippen MR) is 57.3 cm³/mol. The molecule has 0 radical (unpaired) electrons. The number of rotatable bonds is 2. The summed E-state index contributed by atoms with van der Waals surface area (Å²) in [5.41, 5.74) is -0.0897. The van der Waals surface area contributed by atoms with E-state index in [4.69, 9.17) is 4.65 Å². The summed E-state index contributed by atoms with van der Waals surface area (Å²) in [4.78, 5) is 2.17. The molecular formula is C10H18BNO. The summed E-state index contributed by atoms with van der Waals surface area (Å²) < 4.78 is 5.87. The Morgan fingerprint density at radius 2 is 2.00 bits per heavy atom. The van der Waals surface area contributed by atoms with Crippen molar-refractivity contribution in [1.82, 2.24) is 4.81 Å². The van der Waals surface area contributed by atoms with E-state index in [1.165, 1.54) is 0 Å². The van der Waals surface area contributed by atoms with Crippen molar-refractivity contribution in [3.05, 3.63) is 24.3 Å². The quantitative estimate of drug-likeness (QED) is 0.602. The molecule has 0 aliphatic carbocycles. The molecule has 0 saturated heterocycles. The van der Waals surface area contributed by atoms with Crippen LogP contribution in [0, 0.1) is 0 Å². The summed E-state index contributed by atoms with van der Waals surface area (Å²) in [6.07, 6.45) is 6.13. The normalized spacial score (nSPS) is 16.9. The van der Waals surface area contributed by atoms with Crippen molar-refractivity contribution in [3.63, 3.8) is 0 Å². The third-order valence-electron chi connectivity index (χ3n) is 1.83. The van der Waals surface area contributed by atoms with Gasteiger partial charge in [-0.15, -0.1) is 0 Å². The van der Waals surface area contributed by atoms with Crippen LogP contribution in [0.2, 0.25) is 0 Å². The van der Waals surface area contributed by atoms with Crippen LogP contribution in [0.25, 0.3) is 0 Å². The summed E-state index contributed by atoms with van der Waals surface area (Å²) in [7, 11) is 0.0926. The molecule has 0 amide bonds. The minimum absolute atomic E-state index is 0.0897. The molecule has 0 spiro atoms. The maximum atomic E-state index is 5.87. The van der Waals surface area contributed by atoms with Crippen LogP contribution >= 0.6 is 0 Å². The van der Waals surface area contributed by atoms with Crippen molar-refractivity contribution in [3.8, 4) is 0 Å². The van der Waals surface area contributed by atoms with Crippen LogP contribution in [0.1, 0.15) is 27.7 Å². The molecule has 2 nitrogen and oxygen atoms in total. The molecule has 0 aromatic rings. The first-order valence-corrected chi connectivity index (χ1v) is 4.81. The zero-order valence-electron chi connectivity index (χ0n) is 8.95. The summed E-state index contributed by atoms with van der Waals surface area (Å²) in [6, 6.07) is 0. The predicted octanol–water partition coefficient (Wildman–Crippen LogP) is 2.23. The fourth-order valence-corrected chi connectivity index (χ4v) is 1.27. The first-order valence-electron chi connectivity index (χ1n) is 4.81. The number of allylic oxidation sites excluding steroid dienone is 2. The maximum absolute atomic E-state index is 5.87. The van der Waals surface area contributed by atoms with Gasteiger partial charge in [-0.2, -0.15) is 0 Å². The molecule has 1 rings (SSSR count). The summed E-state index contributed by atoms with van der Waals surface area (Å²) >= 11 is 0. The highest BCUT2D eigenvalue weighted by Crippen LogP contribution is 2.14. The van der Waals surface area contributed by atoms with Crippen LogP contribution in [-0.2, 0) is 4.65 Å². The highest BCUT2D eigenvalue weighted by atomic mass is 16.5. The molecule has 13 heavy (non-hydrogen) atoms. The Morgan fingerprint density at radius 1 is 1.31 bits per heavy atom. The second-order valence-corrected chi connectivity index (χ2v) is 4.18. The number of nitrogens with zero attached hydrogens (tertiary/aromatic N) is 1. The Balaban J connectivity index is 2.58. The van der Waals surface area contributed by atoms with Crippen molar-refractivity contribution in [2.75, 3.05) is 6.54 Å². The Morgan fingerprint density at radius 3 is 2.54 bits per heavy atom. The molecule has 1 aliphatic rings. The van der Waals surface area contributed by atoms with Gasteiger partial charge in [0.2, 0.25) is 0 Å². The lowest BCUT2D eigenvalue weighted by atomic mass is 9.77. The van der Waals surface area contributed by atoms with E-state index < -0.39 is 0 Å². The van der Waals surface area contributed by atoms with Crippen LogP contribution < -0.4 is 0 Å². The molecular weight excluding hydrogens is 161 g/mol. The fourth-order valence-electron chi connectivity index (χ4n) is 1.27. The minimum Gasteiger partial charge on any atom is -0.408 e. The lowest BCUT2D eigenvalue weighted by Gasteiger charge is -2.31. The van der Waals surface area contributed by atoms with Gasteiger partial charge >= 0.3 is 7.05 Å². The molecule has 0 fully saturated rings. The molecule has 0 unspecified atom stereocenters. The Kier molecular flexibility index (Phi) is 3.20. The van der Waals surface area contributed by atoms with Crippen LogP contribution in [-0.4, -0.2) is 24.0 Å². The monoisotopic (exact) mass is 179 g/mol. The first-order chi connectivity index (χ1) is 6.03. The van der Waals surface area contributed by atoms with Crippen molar-refractivity contribution >= 4 is 7.05 Å². The lowest BCUT2D eigenvalue weighted by molar-refractivity contribution is 0.117. The largest absolute Gasteiger partial charge is 0.444 e. The van der Waals surface area contributed by atoms with E-state index in [1.54, 1.807) is 0 Å². The van der Waals surface area contributed by atoms with Crippen molar-refractivity contribution in [1.29, 1.82) is 0 Å². The maximum Gasteiger partial charge on any atom is 0.444 e. The highest BCUT2D eigenvalue weighted by molar-refractivity contribution is 6.55. The topological polar surface area (TPSA) is 12.5 Å². The summed E-state index contributed by atoms with van der Waals surface area (Å²) in [5.74, 6) is 2.08. The van der Waals surface area contributed by atoms with E-state index in [0.717, 1.165) is 6.54 Å². The van der Waals surface area contributed by atoms with E-state index in [1.807, 2.05) is 12.2 Å². The van der Waals surface area contributed by atoms with E-state index in [9.17, 15) is 0 Å². The lowest BCUT2D eigenvalue weighted by Crippen LogP contribution is -2.42. The fraction of sp³-hybridized carbons (Fsp3) is 0.600. The molecule has 0 saturated carbocycles. The molecule has 0 bridgehead atoms. The number of hydrogen-bond acceptors (Lipinski definition) is 2. The van der Waals surface area contributed by atoms with Gasteiger partial charge in [0, 0.05) is 12.1 Å². The van der Waals surface area contributed by atoms with Gasteiger partial charge in [-0.1, -0.05) is 12.1 Å². The van der Waals surface area contributed by atoms with E-state index in [0.29, 0.717) is 0 Å². The minimum atomic E-state index is -0.0897. The molecule has 1 aliphatic heterocycles. The zero-order valence-corrected chi connectivity index (χ0v) is 8.95. The van der Waals surface area contributed by atoms with Gasteiger partial charge in [0.15, 0.2) is 0 Å². The molecule has 72 valence electrons.